The van der Waals surface area contributed by atoms with Crippen LogP contribution in [-0.2, 0) is 28.4 Å². The zero-order chi connectivity index (χ0) is 14.2. The van der Waals surface area contributed by atoms with Crippen LogP contribution in [-0.4, -0.2) is 8.42 Å². The molecule has 3 rings (SSSR count). The smallest absolute Gasteiger partial charge is 0.182 e. The quantitative estimate of drug-likeness (QED) is 0.883. The van der Waals surface area contributed by atoms with E-state index in [9.17, 15) is 8.42 Å². The molecule has 20 heavy (non-hydrogen) atoms. The van der Waals surface area contributed by atoms with Gasteiger partial charge in [-0.15, -0.1) is 0 Å². The van der Waals surface area contributed by atoms with Crippen molar-refractivity contribution in [3.8, 4) is 0 Å². The molecule has 0 unspecified atom stereocenters. The van der Waals surface area contributed by atoms with Gasteiger partial charge in [0.15, 0.2) is 9.84 Å². The molecule has 0 saturated carbocycles. The van der Waals surface area contributed by atoms with Crippen molar-refractivity contribution in [2.45, 2.75) is 29.9 Å². The summed E-state index contributed by atoms with van der Waals surface area (Å²) in [6.45, 7) is 0. The molecule has 0 radical (unpaired) electrons. The third kappa shape index (κ3) is 2.43. The highest BCUT2D eigenvalue weighted by molar-refractivity contribution is 7.90. The summed E-state index contributed by atoms with van der Waals surface area (Å²) in [6.07, 6.45) is 3.15. The maximum absolute atomic E-state index is 12.5. The van der Waals surface area contributed by atoms with Crippen molar-refractivity contribution in [1.82, 2.24) is 0 Å². The van der Waals surface area contributed by atoms with Crippen LogP contribution in [0.1, 0.15) is 23.1 Å². The Morgan fingerprint density at radius 1 is 1.00 bits per heavy atom. The average molecular weight is 287 g/mol. The van der Waals surface area contributed by atoms with Gasteiger partial charge < -0.3 is 5.73 Å². The fourth-order valence-corrected chi connectivity index (χ4v) is 4.13. The van der Waals surface area contributed by atoms with Crippen molar-refractivity contribution >= 4 is 15.5 Å². The molecular formula is C16H17NO2S. The lowest BCUT2D eigenvalue weighted by Gasteiger charge is -2.09. The molecular weight excluding hydrogens is 270 g/mol. The molecule has 0 aliphatic heterocycles. The summed E-state index contributed by atoms with van der Waals surface area (Å²) in [5, 5.41) is 0. The van der Waals surface area contributed by atoms with Crippen molar-refractivity contribution in [2.75, 3.05) is 5.73 Å². The first kappa shape index (κ1) is 13.2. The standard InChI is InChI=1S/C16H17NO2S/c17-16-7-2-1-4-14(16)11-20(18,19)15-9-8-12-5-3-6-13(12)10-15/h1-2,4,7-10H,3,5-6,11,17H2. The van der Waals surface area contributed by atoms with Crippen molar-refractivity contribution < 1.29 is 8.42 Å². The molecule has 2 N–H and O–H groups in total. The van der Waals surface area contributed by atoms with Crippen LogP contribution < -0.4 is 5.73 Å². The SMILES string of the molecule is Nc1ccccc1CS(=O)(=O)c1ccc2c(c1)CCC2. The third-order valence-electron chi connectivity index (χ3n) is 3.83. The van der Waals surface area contributed by atoms with E-state index >= 15 is 0 Å². The van der Waals surface area contributed by atoms with Crippen LogP contribution in [0.4, 0.5) is 5.69 Å². The van der Waals surface area contributed by atoms with E-state index in [0.29, 0.717) is 16.1 Å². The molecule has 0 aromatic heterocycles. The maximum Gasteiger partial charge on any atom is 0.182 e. The average Bonchev–Trinajstić information content (AvgIpc) is 2.88. The molecule has 4 heteroatoms. The van der Waals surface area contributed by atoms with E-state index in [1.165, 1.54) is 11.1 Å². The summed E-state index contributed by atoms with van der Waals surface area (Å²) < 4.78 is 25.0. The van der Waals surface area contributed by atoms with Crippen molar-refractivity contribution in [3.63, 3.8) is 0 Å². The Balaban J connectivity index is 1.94. The van der Waals surface area contributed by atoms with E-state index in [1.807, 2.05) is 18.2 Å². The lowest BCUT2D eigenvalue weighted by molar-refractivity contribution is 0.595. The summed E-state index contributed by atoms with van der Waals surface area (Å²) in [7, 11) is -3.34. The van der Waals surface area contributed by atoms with Gasteiger partial charge in [0.25, 0.3) is 0 Å². The van der Waals surface area contributed by atoms with Crippen molar-refractivity contribution in [1.29, 1.82) is 0 Å². The Kier molecular flexibility index (Phi) is 3.26. The molecule has 1 aliphatic rings. The minimum absolute atomic E-state index is 0.0432. The lowest BCUT2D eigenvalue weighted by atomic mass is 10.1. The second-order valence-corrected chi connectivity index (χ2v) is 7.23. The Morgan fingerprint density at radius 2 is 1.75 bits per heavy atom. The molecule has 0 heterocycles. The first-order valence-electron chi connectivity index (χ1n) is 6.74. The van der Waals surface area contributed by atoms with Crippen LogP contribution in [0.5, 0.6) is 0 Å². The number of hydrogen-bond donors (Lipinski definition) is 1. The first-order valence-corrected chi connectivity index (χ1v) is 8.39. The second-order valence-electron chi connectivity index (χ2n) is 5.24. The number of anilines is 1. The number of nitrogens with two attached hydrogens (primary N) is 1. The highest BCUT2D eigenvalue weighted by Crippen LogP contribution is 2.27. The molecule has 0 saturated heterocycles. The van der Waals surface area contributed by atoms with E-state index in [2.05, 4.69) is 0 Å². The van der Waals surface area contributed by atoms with Crippen LogP contribution in [0.3, 0.4) is 0 Å². The summed E-state index contributed by atoms with van der Waals surface area (Å²) in [5.41, 5.74) is 9.47. The molecule has 2 aromatic rings. The number of sulfone groups is 1. The van der Waals surface area contributed by atoms with Crippen molar-refractivity contribution in [3.05, 3.63) is 59.2 Å². The van der Waals surface area contributed by atoms with Crippen LogP contribution >= 0.6 is 0 Å². The van der Waals surface area contributed by atoms with Gasteiger partial charge in [-0.05, 0) is 54.2 Å². The number of benzene rings is 2. The van der Waals surface area contributed by atoms with E-state index in [-0.39, 0.29) is 5.75 Å². The van der Waals surface area contributed by atoms with Gasteiger partial charge in [0.05, 0.1) is 10.6 Å². The number of para-hydroxylation sites is 1. The number of aryl methyl sites for hydroxylation is 2. The number of nitrogen functional groups attached to an aromatic ring is 1. The zero-order valence-corrected chi connectivity index (χ0v) is 12.0. The second kappa shape index (κ2) is 4.94. The molecule has 104 valence electrons. The minimum Gasteiger partial charge on any atom is -0.398 e. The van der Waals surface area contributed by atoms with Gasteiger partial charge in [0.1, 0.15) is 0 Å². The van der Waals surface area contributed by atoms with E-state index < -0.39 is 9.84 Å². The zero-order valence-electron chi connectivity index (χ0n) is 11.2. The number of fused-ring (bicyclic) bond motifs is 1. The predicted octanol–water partition coefficient (Wildman–Crippen LogP) is 2.73. The largest absolute Gasteiger partial charge is 0.398 e. The normalized spacial score (nSPS) is 14.2. The summed E-state index contributed by atoms with van der Waals surface area (Å²) in [4.78, 5) is 0.404. The molecule has 0 atom stereocenters. The highest BCUT2D eigenvalue weighted by Gasteiger charge is 2.19. The molecule has 3 nitrogen and oxygen atoms in total. The Morgan fingerprint density at radius 3 is 2.55 bits per heavy atom. The first-order chi connectivity index (χ1) is 9.56. The van der Waals surface area contributed by atoms with Crippen molar-refractivity contribution in [2.24, 2.45) is 0 Å². The van der Waals surface area contributed by atoms with Gasteiger partial charge in [-0.3, -0.25) is 0 Å². The maximum atomic E-state index is 12.5. The lowest BCUT2D eigenvalue weighted by Crippen LogP contribution is -2.07. The Bertz CT molecular complexity index is 751. The molecule has 0 spiro atoms. The number of rotatable bonds is 3. The predicted molar refractivity (Wildman–Crippen MR) is 80.2 cm³/mol. The van der Waals surface area contributed by atoms with Gasteiger partial charge in [-0.2, -0.15) is 0 Å². The van der Waals surface area contributed by atoms with Crippen LogP contribution in [0.15, 0.2) is 47.4 Å². The van der Waals surface area contributed by atoms with Crippen LogP contribution in [0.25, 0.3) is 0 Å². The topological polar surface area (TPSA) is 60.2 Å². The molecule has 0 amide bonds. The van der Waals surface area contributed by atoms with Crippen LogP contribution in [0.2, 0.25) is 0 Å². The molecule has 0 bridgehead atoms. The number of hydrogen-bond acceptors (Lipinski definition) is 3. The van der Waals surface area contributed by atoms with Gasteiger partial charge in [-0.1, -0.05) is 24.3 Å². The fraction of sp³-hybridized carbons (Fsp3) is 0.250. The van der Waals surface area contributed by atoms with E-state index in [4.69, 9.17) is 5.73 Å². The highest BCUT2D eigenvalue weighted by atomic mass is 32.2. The summed E-state index contributed by atoms with van der Waals surface area (Å²) >= 11 is 0. The fourth-order valence-electron chi connectivity index (χ4n) is 2.70. The van der Waals surface area contributed by atoms with Gasteiger partial charge >= 0.3 is 0 Å². The summed E-state index contributed by atoms with van der Waals surface area (Å²) in [6, 6.07) is 12.6. The Hall–Kier alpha value is -1.81. The minimum atomic E-state index is -3.34. The van der Waals surface area contributed by atoms with Gasteiger partial charge in [0, 0.05) is 5.69 Å². The van der Waals surface area contributed by atoms with E-state index in [1.54, 1.807) is 24.3 Å². The Labute approximate surface area is 119 Å². The molecule has 1 aliphatic carbocycles. The monoisotopic (exact) mass is 287 g/mol. The molecule has 2 aromatic carbocycles. The molecule has 0 fully saturated rings. The van der Waals surface area contributed by atoms with Gasteiger partial charge in [-0.25, -0.2) is 8.42 Å². The van der Waals surface area contributed by atoms with Crippen LogP contribution in [0, 0.1) is 0 Å². The van der Waals surface area contributed by atoms with Gasteiger partial charge in [0.2, 0.25) is 0 Å². The van der Waals surface area contributed by atoms with E-state index in [0.717, 1.165) is 19.3 Å². The summed E-state index contributed by atoms with van der Waals surface area (Å²) in [5.74, 6) is -0.0432. The third-order valence-corrected chi connectivity index (χ3v) is 5.49.